The van der Waals surface area contributed by atoms with Crippen molar-refractivity contribution in [3.63, 3.8) is 0 Å². The van der Waals surface area contributed by atoms with Gasteiger partial charge in [-0.05, 0) is 19.8 Å². The van der Waals surface area contributed by atoms with Crippen LogP contribution in [0.3, 0.4) is 0 Å². The normalized spacial score (nSPS) is 15.1. The van der Waals surface area contributed by atoms with E-state index in [0.29, 0.717) is 25.5 Å². The predicted molar refractivity (Wildman–Crippen MR) is 73.4 cm³/mol. The van der Waals surface area contributed by atoms with Gasteiger partial charge in [0, 0.05) is 32.3 Å². The summed E-state index contributed by atoms with van der Waals surface area (Å²) in [5.74, 6) is -0.621. The molecule has 21 heavy (non-hydrogen) atoms. The second kappa shape index (κ2) is 6.46. The van der Waals surface area contributed by atoms with E-state index in [4.69, 9.17) is 4.74 Å². The molecule has 1 aromatic heterocycles. The van der Waals surface area contributed by atoms with E-state index < -0.39 is 12.0 Å². The fourth-order valence-electron chi connectivity index (χ4n) is 2.04. The predicted octanol–water partition coefficient (Wildman–Crippen LogP) is 2.54. The minimum atomic E-state index is -4.56. The van der Waals surface area contributed by atoms with Crippen LogP contribution >= 0.6 is 0 Å². The molecule has 0 radical (unpaired) electrons. The van der Waals surface area contributed by atoms with Crippen LogP contribution in [0.15, 0.2) is 6.07 Å². The van der Waals surface area contributed by atoms with E-state index in [2.05, 4.69) is 15.3 Å². The van der Waals surface area contributed by atoms with Crippen LogP contribution < -0.4 is 10.2 Å². The van der Waals surface area contributed by atoms with Gasteiger partial charge >= 0.3 is 6.18 Å². The summed E-state index contributed by atoms with van der Waals surface area (Å²) in [6.45, 7) is 3.26. The number of hydrogen-bond donors (Lipinski definition) is 1. The number of aromatic nitrogens is 2. The van der Waals surface area contributed by atoms with E-state index >= 15 is 0 Å². The van der Waals surface area contributed by atoms with Crippen molar-refractivity contribution in [3.05, 3.63) is 11.9 Å². The van der Waals surface area contributed by atoms with Crippen molar-refractivity contribution in [2.75, 3.05) is 37.0 Å². The third-order valence-corrected chi connectivity index (χ3v) is 3.14. The van der Waals surface area contributed by atoms with E-state index in [1.54, 1.807) is 20.1 Å². The van der Waals surface area contributed by atoms with Gasteiger partial charge in [-0.2, -0.15) is 13.2 Å². The molecule has 0 atom stereocenters. The average Bonchev–Trinajstić information content (AvgIpc) is 3.23. The number of halogens is 3. The third kappa shape index (κ3) is 4.20. The van der Waals surface area contributed by atoms with Crippen molar-refractivity contribution in [2.45, 2.75) is 32.0 Å². The number of methoxy groups -OCH3 is 1. The van der Waals surface area contributed by atoms with Crippen LogP contribution in [0, 0.1) is 0 Å². The highest BCUT2D eigenvalue weighted by atomic mass is 19.4. The quantitative estimate of drug-likeness (QED) is 0.839. The Morgan fingerprint density at radius 2 is 2.10 bits per heavy atom. The zero-order valence-electron chi connectivity index (χ0n) is 12.1. The summed E-state index contributed by atoms with van der Waals surface area (Å²) < 4.78 is 43.8. The molecule has 1 saturated carbocycles. The molecular formula is C13H19F3N4O. The highest BCUT2D eigenvalue weighted by Crippen LogP contribution is 2.34. The van der Waals surface area contributed by atoms with Gasteiger partial charge < -0.3 is 15.0 Å². The van der Waals surface area contributed by atoms with Gasteiger partial charge in [0.15, 0.2) is 0 Å². The lowest BCUT2D eigenvalue weighted by atomic mass is 10.4. The zero-order valence-corrected chi connectivity index (χ0v) is 12.1. The Kier molecular flexibility index (Phi) is 4.87. The number of ether oxygens (including phenoxy) is 1. The summed E-state index contributed by atoms with van der Waals surface area (Å²) in [6.07, 6.45) is -2.63. The van der Waals surface area contributed by atoms with Crippen LogP contribution in [-0.2, 0) is 10.9 Å². The van der Waals surface area contributed by atoms with Gasteiger partial charge in [0.2, 0.25) is 5.82 Å². The van der Waals surface area contributed by atoms with E-state index in [-0.39, 0.29) is 11.9 Å². The largest absolute Gasteiger partial charge is 0.451 e. The third-order valence-electron chi connectivity index (χ3n) is 3.14. The van der Waals surface area contributed by atoms with Crippen LogP contribution in [0.1, 0.15) is 25.6 Å². The van der Waals surface area contributed by atoms with Gasteiger partial charge in [0.25, 0.3) is 0 Å². The van der Waals surface area contributed by atoms with Crippen LogP contribution in [0.5, 0.6) is 0 Å². The molecular weight excluding hydrogens is 285 g/mol. The molecule has 118 valence electrons. The molecule has 0 saturated heterocycles. The van der Waals surface area contributed by atoms with E-state index in [9.17, 15) is 13.2 Å². The van der Waals surface area contributed by atoms with Crippen molar-refractivity contribution < 1.29 is 17.9 Å². The van der Waals surface area contributed by atoms with Gasteiger partial charge in [-0.3, -0.25) is 0 Å². The first kappa shape index (κ1) is 15.8. The molecule has 0 spiro atoms. The maximum absolute atomic E-state index is 12.9. The SMILES string of the molecule is CCNc1cc(N(CCOC)C2CC2)nc(C(F)(F)F)n1. The molecule has 1 aliphatic carbocycles. The molecule has 1 aromatic rings. The molecule has 2 rings (SSSR count). The number of alkyl halides is 3. The van der Waals surface area contributed by atoms with Crippen molar-refractivity contribution >= 4 is 11.6 Å². The molecule has 8 heteroatoms. The number of nitrogens with zero attached hydrogens (tertiary/aromatic N) is 3. The zero-order chi connectivity index (χ0) is 15.5. The number of rotatable bonds is 7. The fraction of sp³-hybridized carbons (Fsp3) is 0.692. The molecule has 5 nitrogen and oxygen atoms in total. The molecule has 1 fully saturated rings. The summed E-state index contributed by atoms with van der Waals surface area (Å²) in [5, 5.41) is 2.82. The van der Waals surface area contributed by atoms with Crippen molar-refractivity contribution in [3.8, 4) is 0 Å². The molecule has 0 unspecified atom stereocenters. The first-order valence-corrected chi connectivity index (χ1v) is 6.91. The van der Waals surface area contributed by atoms with E-state index in [0.717, 1.165) is 12.8 Å². The maximum Gasteiger partial charge on any atom is 0.451 e. The van der Waals surface area contributed by atoms with Gasteiger partial charge in [0.1, 0.15) is 11.6 Å². The van der Waals surface area contributed by atoms with E-state index in [1.807, 2.05) is 4.90 Å². The maximum atomic E-state index is 12.9. The molecule has 0 aromatic carbocycles. The average molecular weight is 304 g/mol. The van der Waals surface area contributed by atoms with Gasteiger partial charge in [-0.1, -0.05) is 0 Å². The molecule has 0 aliphatic heterocycles. The first-order chi connectivity index (χ1) is 9.95. The Balaban J connectivity index is 2.32. The lowest BCUT2D eigenvalue weighted by molar-refractivity contribution is -0.144. The minimum Gasteiger partial charge on any atom is -0.383 e. The Labute approximate surface area is 121 Å². The first-order valence-electron chi connectivity index (χ1n) is 6.91. The van der Waals surface area contributed by atoms with Gasteiger partial charge in [-0.15, -0.1) is 0 Å². The Morgan fingerprint density at radius 3 is 2.62 bits per heavy atom. The number of anilines is 2. The second-order valence-corrected chi connectivity index (χ2v) is 4.88. The minimum absolute atomic E-state index is 0.192. The lowest BCUT2D eigenvalue weighted by Crippen LogP contribution is -2.31. The fourth-order valence-corrected chi connectivity index (χ4v) is 2.04. The monoisotopic (exact) mass is 304 g/mol. The van der Waals surface area contributed by atoms with Crippen LogP contribution in [0.4, 0.5) is 24.8 Å². The molecule has 1 N–H and O–H groups in total. The summed E-state index contributed by atoms with van der Waals surface area (Å²) in [6, 6.07) is 1.80. The Morgan fingerprint density at radius 1 is 1.38 bits per heavy atom. The topological polar surface area (TPSA) is 50.3 Å². The van der Waals surface area contributed by atoms with Gasteiger partial charge in [-0.25, -0.2) is 9.97 Å². The standard InChI is InChI=1S/C13H19F3N4O/c1-3-17-10-8-11(19-12(18-10)13(14,15)16)20(6-7-21-2)9-4-5-9/h8-9H,3-7H2,1-2H3,(H,17,18,19). The van der Waals surface area contributed by atoms with Crippen LogP contribution in [0.25, 0.3) is 0 Å². The van der Waals surface area contributed by atoms with E-state index in [1.165, 1.54) is 0 Å². The summed E-state index contributed by atoms with van der Waals surface area (Å²) in [4.78, 5) is 9.09. The summed E-state index contributed by atoms with van der Waals surface area (Å²) in [7, 11) is 1.57. The Bertz CT molecular complexity index is 477. The molecule has 1 heterocycles. The van der Waals surface area contributed by atoms with Gasteiger partial charge in [0.05, 0.1) is 6.61 Å². The van der Waals surface area contributed by atoms with Crippen molar-refractivity contribution in [1.82, 2.24) is 9.97 Å². The van der Waals surface area contributed by atoms with Crippen molar-refractivity contribution in [1.29, 1.82) is 0 Å². The summed E-state index contributed by atoms with van der Waals surface area (Å²) >= 11 is 0. The number of hydrogen-bond acceptors (Lipinski definition) is 5. The lowest BCUT2D eigenvalue weighted by Gasteiger charge is -2.24. The molecule has 1 aliphatic rings. The smallest absolute Gasteiger partial charge is 0.383 e. The second-order valence-electron chi connectivity index (χ2n) is 4.88. The van der Waals surface area contributed by atoms with Crippen LogP contribution in [-0.4, -0.2) is 42.8 Å². The number of nitrogens with one attached hydrogen (secondary N) is 1. The highest BCUT2D eigenvalue weighted by Gasteiger charge is 2.37. The van der Waals surface area contributed by atoms with Crippen molar-refractivity contribution in [2.24, 2.45) is 0 Å². The summed E-state index contributed by atoms with van der Waals surface area (Å²) in [5.41, 5.74) is 0. The van der Waals surface area contributed by atoms with Crippen LogP contribution in [0.2, 0.25) is 0 Å². The Hall–Kier alpha value is -1.57. The molecule has 0 amide bonds. The highest BCUT2D eigenvalue weighted by molar-refractivity contribution is 5.51. The molecule has 0 bridgehead atoms.